The molecule has 0 aliphatic heterocycles. The van der Waals surface area contributed by atoms with Gasteiger partial charge in [0.25, 0.3) is 5.91 Å². The number of aryl methyl sites for hydroxylation is 1. The van der Waals surface area contributed by atoms with Gasteiger partial charge in [-0.05, 0) is 24.6 Å². The summed E-state index contributed by atoms with van der Waals surface area (Å²) in [5.74, 6) is 5.98. The minimum absolute atomic E-state index is 0.0453. The normalized spacial score (nSPS) is 9.81. The predicted octanol–water partition coefficient (Wildman–Crippen LogP) is 2.25. The van der Waals surface area contributed by atoms with E-state index in [9.17, 15) is 4.79 Å². The highest BCUT2D eigenvalue weighted by atomic mass is 16.3. The molecule has 1 aromatic carbocycles. The third kappa shape index (κ3) is 3.98. The first-order chi connectivity index (χ1) is 10.2. The van der Waals surface area contributed by atoms with Crippen LogP contribution >= 0.6 is 0 Å². The van der Waals surface area contributed by atoms with Gasteiger partial charge in [-0.3, -0.25) is 4.79 Å². The number of amides is 1. The van der Waals surface area contributed by atoms with Crippen LogP contribution in [-0.2, 0) is 6.54 Å². The number of carbonyl (C=O) groups is 1. The number of benzene rings is 1. The Bertz CT molecular complexity index is 677. The average molecular weight is 283 g/mol. The number of rotatable bonds is 4. The molecule has 2 aromatic rings. The van der Waals surface area contributed by atoms with Crippen LogP contribution in [0.5, 0.6) is 0 Å². The number of aliphatic hydroxyl groups excluding tert-OH is 1. The molecule has 0 bridgehead atoms. The molecule has 0 fully saturated rings. The maximum atomic E-state index is 12.0. The molecule has 108 valence electrons. The molecule has 1 heterocycles. The van der Waals surface area contributed by atoms with Crippen LogP contribution < -0.4 is 5.32 Å². The van der Waals surface area contributed by atoms with Gasteiger partial charge in [-0.1, -0.05) is 30.0 Å². The van der Waals surface area contributed by atoms with Gasteiger partial charge < -0.3 is 14.8 Å². The van der Waals surface area contributed by atoms with Crippen molar-refractivity contribution in [1.29, 1.82) is 0 Å². The molecule has 0 unspecified atom stereocenters. The molecule has 4 heteroatoms. The standard InChI is InChI=1S/C17H17NO3/c1-13-9-11-21-16(13)17(20)18-12-15-8-3-2-6-14(15)7-4-5-10-19/h2-3,6,8-9,11,19H,5,10,12H2,1H3,(H,18,20). The topological polar surface area (TPSA) is 62.5 Å². The van der Waals surface area contributed by atoms with E-state index in [0.29, 0.717) is 18.7 Å². The molecule has 0 aliphatic rings. The fourth-order valence-corrected chi connectivity index (χ4v) is 1.87. The molecule has 2 N–H and O–H groups in total. The zero-order valence-corrected chi connectivity index (χ0v) is 11.8. The van der Waals surface area contributed by atoms with Crippen LogP contribution in [0.25, 0.3) is 0 Å². The fraction of sp³-hybridized carbons (Fsp3) is 0.235. The van der Waals surface area contributed by atoms with Gasteiger partial charge in [0, 0.05) is 24.1 Å². The van der Waals surface area contributed by atoms with Crippen molar-refractivity contribution >= 4 is 5.91 Å². The second-order valence-electron chi connectivity index (χ2n) is 4.55. The van der Waals surface area contributed by atoms with Gasteiger partial charge in [0.2, 0.25) is 0 Å². The summed E-state index contributed by atoms with van der Waals surface area (Å²) < 4.78 is 5.16. The third-order valence-corrected chi connectivity index (χ3v) is 2.98. The van der Waals surface area contributed by atoms with Crippen LogP contribution in [0, 0.1) is 18.8 Å². The van der Waals surface area contributed by atoms with Crippen LogP contribution in [0.4, 0.5) is 0 Å². The van der Waals surface area contributed by atoms with Crippen LogP contribution in [0.1, 0.15) is 33.7 Å². The van der Waals surface area contributed by atoms with Gasteiger partial charge in [0.05, 0.1) is 12.9 Å². The molecule has 0 spiro atoms. The molecule has 0 saturated carbocycles. The first-order valence-electron chi connectivity index (χ1n) is 6.72. The van der Waals surface area contributed by atoms with E-state index in [4.69, 9.17) is 9.52 Å². The van der Waals surface area contributed by atoms with Gasteiger partial charge in [-0.15, -0.1) is 0 Å². The first kappa shape index (κ1) is 14.9. The first-order valence-corrected chi connectivity index (χ1v) is 6.72. The molecule has 0 saturated heterocycles. The smallest absolute Gasteiger partial charge is 0.287 e. The van der Waals surface area contributed by atoms with Crippen molar-refractivity contribution in [2.45, 2.75) is 19.9 Å². The van der Waals surface area contributed by atoms with Crippen molar-refractivity contribution in [2.24, 2.45) is 0 Å². The number of aliphatic hydroxyl groups is 1. The largest absolute Gasteiger partial charge is 0.459 e. The summed E-state index contributed by atoms with van der Waals surface area (Å²) in [5.41, 5.74) is 2.59. The van der Waals surface area contributed by atoms with Crippen LogP contribution in [0.15, 0.2) is 41.0 Å². The molecule has 1 amide bonds. The summed E-state index contributed by atoms with van der Waals surface area (Å²) >= 11 is 0. The minimum atomic E-state index is -0.240. The highest BCUT2D eigenvalue weighted by Crippen LogP contribution is 2.10. The highest BCUT2D eigenvalue weighted by molar-refractivity contribution is 5.92. The van der Waals surface area contributed by atoms with Crippen LogP contribution in [0.3, 0.4) is 0 Å². The van der Waals surface area contributed by atoms with E-state index in [-0.39, 0.29) is 12.5 Å². The number of nitrogens with one attached hydrogen (secondary N) is 1. The SMILES string of the molecule is Cc1ccoc1C(=O)NCc1ccccc1C#CCCO. The quantitative estimate of drug-likeness (QED) is 0.846. The molecule has 0 atom stereocenters. The number of hydrogen-bond donors (Lipinski definition) is 2. The van der Waals surface area contributed by atoms with Crippen molar-refractivity contribution in [2.75, 3.05) is 6.61 Å². The van der Waals surface area contributed by atoms with Crippen molar-refractivity contribution in [3.05, 3.63) is 59.0 Å². The second-order valence-corrected chi connectivity index (χ2v) is 4.55. The van der Waals surface area contributed by atoms with Gasteiger partial charge in [0.15, 0.2) is 5.76 Å². The molecule has 2 rings (SSSR count). The van der Waals surface area contributed by atoms with Crippen LogP contribution in [-0.4, -0.2) is 17.6 Å². The summed E-state index contributed by atoms with van der Waals surface area (Å²) in [6, 6.07) is 9.35. The molecule has 4 nitrogen and oxygen atoms in total. The van der Waals surface area contributed by atoms with E-state index in [0.717, 1.165) is 16.7 Å². The van der Waals surface area contributed by atoms with E-state index < -0.39 is 0 Å². The number of furan rings is 1. The van der Waals surface area contributed by atoms with E-state index >= 15 is 0 Å². The van der Waals surface area contributed by atoms with Crippen molar-refractivity contribution in [1.82, 2.24) is 5.32 Å². The second kappa shape index (κ2) is 7.32. The lowest BCUT2D eigenvalue weighted by Gasteiger charge is -2.06. The molecule has 0 radical (unpaired) electrons. The van der Waals surface area contributed by atoms with E-state index in [1.807, 2.05) is 31.2 Å². The van der Waals surface area contributed by atoms with E-state index in [2.05, 4.69) is 17.2 Å². The maximum absolute atomic E-state index is 12.0. The Hall–Kier alpha value is -2.51. The third-order valence-electron chi connectivity index (χ3n) is 2.98. The number of carbonyl (C=O) groups excluding carboxylic acids is 1. The molecular formula is C17H17NO3. The average Bonchev–Trinajstić information content (AvgIpc) is 2.92. The fourth-order valence-electron chi connectivity index (χ4n) is 1.87. The Labute approximate surface area is 123 Å². The summed E-state index contributed by atoms with van der Waals surface area (Å²) in [5, 5.41) is 11.6. The monoisotopic (exact) mass is 283 g/mol. The minimum Gasteiger partial charge on any atom is -0.459 e. The molecule has 21 heavy (non-hydrogen) atoms. The summed E-state index contributed by atoms with van der Waals surface area (Å²) in [7, 11) is 0. The van der Waals surface area contributed by atoms with Gasteiger partial charge in [-0.25, -0.2) is 0 Å². The van der Waals surface area contributed by atoms with Gasteiger partial charge in [0.1, 0.15) is 0 Å². The zero-order chi connectivity index (χ0) is 15.1. The van der Waals surface area contributed by atoms with E-state index in [1.165, 1.54) is 6.26 Å². The summed E-state index contributed by atoms with van der Waals surface area (Å²) in [6.07, 6.45) is 1.94. The lowest BCUT2D eigenvalue weighted by atomic mass is 10.1. The lowest BCUT2D eigenvalue weighted by Crippen LogP contribution is -2.23. The predicted molar refractivity (Wildman–Crippen MR) is 79.6 cm³/mol. The van der Waals surface area contributed by atoms with Crippen LogP contribution in [0.2, 0.25) is 0 Å². The van der Waals surface area contributed by atoms with Crippen molar-refractivity contribution in [3.8, 4) is 11.8 Å². The summed E-state index contributed by atoms with van der Waals surface area (Å²) in [6.45, 7) is 2.25. The number of hydrogen-bond acceptors (Lipinski definition) is 3. The Morgan fingerprint density at radius 1 is 1.33 bits per heavy atom. The zero-order valence-electron chi connectivity index (χ0n) is 11.8. The Kier molecular flexibility index (Phi) is 5.19. The van der Waals surface area contributed by atoms with Gasteiger partial charge >= 0.3 is 0 Å². The Morgan fingerprint density at radius 3 is 2.86 bits per heavy atom. The molecule has 0 aliphatic carbocycles. The molecule has 1 aromatic heterocycles. The highest BCUT2D eigenvalue weighted by Gasteiger charge is 2.12. The Morgan fingerprint density at radius 2 is 2.14 bits per heavy atom. The van der Waals surface area contributed by atoms with Crippen molar-refractivity contribution < 1.29 is 14.3 Å². The molecular weight excluding hydrogens is 266 g/mol. The van der Waals surface area contributed by atoms with Crippen molar-refractivity contribution in [3.63, 3.8) is 0 Å². The summed E-state index contributed by atoms with van der Waals surface area (Å²) in [4.78, 5) is 12.0. The van der Waals surface area contributed by atoms with E-state index in [1.54, 1.807) is 6.07 Å². The van der Waals surface area contributed by atoms with Gasteiger partial charge in [-0.2, -0.15) is 0 Å². The maximum Gasteiger partial charge on any atom is 0.287 e. The lowest BCUT2D eigenvalue weighted by molar-refractivity contribution is 0.0922. The Balaban J connectivity index is 2.05.